The molecule has 82 valence electrons. The van der Waals surface area contributed by atoms with E-state index in [1.54, 1.807) is 12.1 Å². The SMILES string of the molecule is Cc1nc(Oc2ccccc2Br)ccc1N. The molecule has 1 aromatic heterocycles. The zero-order valence-corrected chi connectivity index (χ0v) is 10.4. The number of hydrogen-bond donors (Lipinski definition) is 1. The summed E-state index contributed by atoms with van der Waals surface area (Å²) >= 11 is 3.41. The van der Waals surface area contributed by atoms with E-state index < -0.39 is 0 Å². The van der Waals surface area contributed by atoms with Crippen LogP contribution in [0.2, 0.25) is 0 Å². The molecule has 0 unspecified atom stereocenters. The van der Waals surface area contributed by atoms with Crippen molar-refractivity contribution in [1.82, 2.24) is 4.98 Å². The number of nitrogens with two attached hydrogens (primary N) is 1. The molecule has 1 heterocycles. The third-order valence-corrected chi connectivity index (χ3v) is 2.81. The maximum atomic E-state index is 5.68. The second kappa shape index (κ2) is 4.53. The number of hydrogen-bond acceptors (Lipinski definition) is 3. The lowest BCUT2D eigenvalue weighted by molar-refractivity contribution is 0.459. The molecule has 2 rings (SSSR count). The van der Waals surface area contributed by atoms with Crippen LogP contribution in [0.1, 0.15) is 5.69 Å². The van der Waals surface area contributed by atoms with Gasteiger partial charge < -0.3 is 10.5 Å². The maximum Gasteiger partial charge on any atom is 0.219 e. The summed E-state index contributed by atoms with van der Waals surface area (Å²) in [4.78, 5) is 4.24. The van der Waals surface area contributed by atoms with Crippen LogP contribution >= 0.6 is 15.9 Å². The Labute approximate surface area is 102 Å². The number of aromatic nitrogens is 1. The molecule has 0 atom stereocenters. The van der Waals surface area contributed by atoms with Crippen molar-refractivity contribution in [3.8, 4) is 11.6 Å². The molecule has 4 heteroatoms. The number of nitrogen functional groups attached to an aromatic ring is 1. The number of pyridine rings is 1. The van der Waals surface area contributed by atoms with E-state index in [2.05, 4.69) is 20.9 Å². The molecule has 0 fully saturated rings. The highest BCUT2D eigenvalue weighted by atomic mass is 79.9. The maximum absolute atomic E-state index is 5.68. The summed E-state index contributed by atoms with van der Waals surface area (Å²) in [5.41, 5.74) is 7.12. The first-order valence-electron chi connectivity index (χ1n) is 4.82. The lowest BCUT2D eigenvalue weighted by Gasteiger charge is -2.07. The Morgan fingerprint density at radius 1 is 1.19 bits per heavy atom. The zero-order chi connectivity index (χ0) is 11.5. The number of para-hydroxylation sites is 1. The van der Waals surface area contributed by atoms with Crippen LogP contribution in [-0.4, -0.2) is 4.98 Å². The monoisotopic (exact) mass is 278 g/mol. The van der Waals surface area contributed by atoms with Crippen molar-refractivity contribution in [3.63, 3.8) is 0 Å². The van der Waals surface area contributed by atoms with Gasteiger partial charge in [0.15, 0.2) is 0 Å². The Morgan fingerprint density at radius 2 is 1.94 bits per heavy atom. The normalized spacial score (nSPS) is 10.1. The number of halogens is 1. The van der Waals surface area contributed by atoms with Gasteiger partial charge in [-0.25, -0.2) is 4.98 Å². The Morgan fingerprint density at radius 3 is 2.62 bits per heavy atom. The van der Waals surface area contributed by atoms with E-state index in [-0.39, 0.29) is 0 Å². The van der Waals surface area contributed by atoms with Crippen molar-refractivity contribution < 1.29 is 4.74 Å². The van der Waals surface area contributed by atoms with E-state index in [1.165, 1.54) is 0 Å². The minimum atomic E-state index is 0.540. The van der Waals surface area contributed by atoms with Crippen LogP contribution in [0.25, 0.3) is 0 Å². The van der Waals surface area contributed by atoms with Gasteiger partial charge in [0.1, 0.15) is 5.75 Å². The second-order valence-electron chi connectivity index (χ2n) is 3.36. The first-order chi connectivity index (χ1) is 7.66. The molecule has 0 bridgehead atoms. The topological polar surface area (TPSA) is 48.1 Å². The Bertz CT molecular complexity index is 514. The van der Waals surface area contributed by atoms with Crippen LogP contribution in [0.4, 0.5) is 5.69 Å². The lowest BCUT2D eigenvalue weighted by atomic mass is 10.3. The third kappa shape index (κ3) is 2.33. The highest BCUT2D eigenvalue weighted by Gasteiger charge is 2.03. The first-order valence-corrected chi connectivity index (χ1v) is 5.61. The summed E-state index contributed by atoms with van der Waals surface area (Å²) < 4.78 is 6.53. The minimum Gasteiger partial charge on any atom is -0.438 e. The summed E-state index contributed by atoms with van der Waals surface area (Å²) in [6.07, 6.45) is 0. The molecule has 0 saturated carbocycles. The van der Waals surface area contributed by atoms with Crippen molar-refractivity contribution in [2.45, 2.75) is 6.92 Å². The van der Waals surface area contributed by atoms with Crippen molar-refractivity contribution in [2.24, 2.45) is 0 Å². The summed E-state index contributed by atoms with van der Waals surface area (Å²) in [7, 11) is 0. The summed E-state index contributed by atoms with van der Waals surface area (Å²) in [5.74, 6) is 1.28. The quantitative estimate of drug-likeness (QED) is 0.914. The van der Waals surface area contributed by atoms with E-state index in [0.717, 1.165) is 15.9 Å². The number of rotatable bonds is 2. The summed E-state index contributed by atoms with van der Waals surface area (Å²) in [6, 6.07) is 11.2. The van der Waals surface area contributed by atoms with E-state index in [1.807, 2.05) is 31.2 Å². The largest absolute Gasteiger partial charge is 0.438 e. The number of nitrogens with zero attached hydrogens (tertiary/aromatic N) is 1. The number of aryl methyl sites for hydroxylation is 1. The van der Waals surface area contributed by atoms with Gasteiger partial charge in [0.05, 0.1) is 15.9 Å². The van der Waals surface area contributed by atoms with Gasteiger partial charge in [0, 0.05) is 6.07 Å². The second-order valence-corrected chi connectivity index (χ2v) is 4.21. The van der Waals surface area contributed by atoms with Crippen LogP contribution in [0.15, 0.2) is 40.9 Å². The van der Waals surface area contributed by atoms with Gasteiger partial charge in [-0.3, -0.25) is 0 Å². The van der Waals surface area contributed by atoms with Gasteiger partial charge in [-0.2, -0.15) is 0 Å². The van der Waals surface area contributed by atoms with Crippen LogP contribution < -0.4 is 10.5 Å². The summed E-state index contributed by atoms with van der Waals surface area (Å²) in [6.45, 7) is 1.85. The number of anilines is 1. The van der Waals surface area contributed by atoms with E-state index in [4.69, 9.17) is 10.5 Å². The molecule has 0 aliphatic carbocycles. The van der Waals surface area contributed by atoms with Crippen LogP contribution in [0.5, 0.6) is 11.6 Å². The average molecular weight is 279 g/mol. The Hall–Kier alpha value is -1.55. The highest BCUT2D eigenvalue weighted by molar-refractivity contribution is 9.10. The fraction of sp³-hybridized carbons (Fsp3) is 0.0833. The van der Waals surface area contributed by atoms with E-state index in [0.29, 0.717) is 11.6 Å². The molecule has 0 saturated heterocycles. The fourth-order valence-corrected chi connectivity index (χ4v) is 1.61. The highest BCUT2D eigenvalue weighted by Crippen LogP contribution is 2.28. The van der Waals surface area contributed by atoms with Gasteiger partial charge in [-0.15, -0.1) is 0 Å². The third-order valence-electron chi connectivity index (χ3n) is 2.15. The number of benzene rings is 1. The standard InChI is InChI=1S/C12H11BrN2O/c1-8-10(14)6-7-12(15-8)16-11-5-3-2-4-9(11)13/h2-7H,14H2,1H3. The fourth-order valence-electron chi connectivity index (χ4n) is 1.25. The molecular formula is C12H11BrN2O. The molecular weight excluding hydrogens is 268 g/mol. The van der Waals surface area contributed by atoms with Gasteiger partial charge in [-0.05, 0) is 41.1 Å². The molecule has 0 aliphatic rings. The minimum absolute atomic E-state index is 0.540. The summed E-state index contributed by atoms with van der Waals surface area (Å²) in [5, 5.41) is 0. The molecule has 16 heavy (non-hydrogen) atoms. The molecule has 2 N–H and O–H groups in total. The van der Waals surface area contributed by atoms with Crippen LogP contribution in [-0.2, 0) is 0 Å². The Kier molecular flexibility index (Phi) is 3.10. The number of ether oxygens (including phenoxy) is 1. The molecule has 0 spiro atoms. The molecule has 2 aromatic rings. The Balaban J connectivity index is 2.28. The van der Waals surface area contributed by atoms with Gasteiger partial charge in [0.2, 0.25) is 5.88 Å². The predicted molar refractivity (Wildman–Crippen MR) is 67.6 cm³/mol. The van der Waals surface area contributed by atoms with Crippen molar-refractivity contribution in [2.75, 3.05) is 5.73 Å². The van der Waals surface area contributed by atoms with Crippen molar-refractivity contribution in [3.05, 3.63) is 46.6 Å². The zero-order valence-electron chi connectivity index (χ0n) is 8.77. The first kappa shape index (κ1) is 11.0. The smallest absolute Gasteiger partial charge is 0.219 e. The van der Waals surface area contributed by atoms with Gasteiger partial charge in [0.25, 0.3) is 0 Å². The average Bonchev–Trinajstić information content (AvgIpc) is 2.27. The molecule has 0 amide bonds. The lowest BCUT2D eigenvalue weighted by Crippen LogP contribution is -1.95. The van der Waals surface area contributed by atoms with Crippen molar-refractivity contribution in [1.29, 1.82) is 0 Å². The van der Waals surface area contributed by atoms with Crippen LogP contribution in [0.3, 0.4) is 0 Å². The van der Waals surface area contributed by atoms with E-state index in [9.17, 15) is 0 Å². The van der Waals surface area contributed by atoms with Gasteiger partial charge in [-0.1, -0.05) is 12.1 Å². The van der Waals surface area contributed by atoms with Crippen LogP contribution in [0, 0.1) is 6.92 Å². The van der Waals surface area contributed by atoms with Gasteiger partial charge >= 0.3 is 0 Å². The molecule has 3 nitrogen and oxygen atoms in total. The molecule has 0 radical (unpaired) electrons. The predicted octanol–water partition coefficient (Wildman–Crippen LogP) is 3.53. The molecule has 1 aromatic carbocycles. The van der Waals surface area contributed by atoms with Crippen molar-refractivity contribution >= 4 is 21.6 Å². The molecule has 0 aliphatic heterocycles. The van der Waals surface area contributed by atoms with E-state index >= 15 is 0 Å².